The summed E-state index contributed by atoms with van der Waals surface area (Å²) in [6.07, 6.45) is 5.46. The van der Waals surface area contributed by atoms with Gasteiger partial charge in [-0.25, -0.2) is 9.78 Å². The van der Waals surface area contributed by atoms with Crippen molar-refractivity contribution in [1.29, 1.82) is 0 Å². The predicted octanol–water partition coefficient (Wildman–Crippen LogP) is 3.02. The fourth-order valence-electron chi connectivity index (χ4n) is 4.09. The van der Waals surface area contributed by atoms with E-state index in [1.165, 1.54) is 7.11 Å². The third-order valence-electron chi connectivity index (χ3n) is 6.03. The Bertz CT molecular complexity index is 779. The molecule has 1 saturated heterocycles. The molecule has 0 bridgehead atoms. The summed E-state index contributed by atoms with van der Waals surface area (Å²) in [4.78, 5) is 31.3. The van der Waals surface area contributed by atoms with Crippen LogP contribution in [0.2, 0.25) is 0 Å². The van der Waals surface area contributed by atoms with Crippen LogP contribution in [0.1, 0.15) is 62.7 Å². The van der Waals surface area contributed by atoms with E-state index in [1.54, 1.807) is 7.11 Å². The van der Waals surface area contributed by atoms with E-state index in [9.17, 15) is 9.59 Å². The van der Waals surface area contributed by atoms with Crippen LogP contribution in [0.5, 0.6) is 5.88 Å². The summed E-state index contributed by atoms with van der Waals surface area (Å²) in [5.74, 6) is 0.608. The number of methoxy groups -OCH3 is 2. The molecule has 2 heterocycles. The van der Waals surface area contributed by atoms with Crippen molar-refractivity contribution in [2.75, 3.05) is 40.6 Å². The van der Waals surface area contributed by atoms with E-state index in [0.29, 0.717) is 45.1 Å². The van der Waals surface area contributed by atoms with E-state index in [0.717, 1.165) is 43.4 Å². The van der Waals surface area contributed by atoms with Crippen LogP contribution < -0.4 is 10.1 Å². The molecule has 1 saturated carbocycles. The zero-order chi connectivity index (χ0) is 23.6. The Morgan fingerprint density at radius 2 is 2.03 bits per heavy atom. The summed E-state index contributed by atoms with van der Waals surface area (Å²) in [5, 5.41) is 2.69. The number of ether oxygens (including phenoxy) is 4. The van der Waals surface area contributed by atoms with Crippen LogP contribution in [0, 0.1) is 0 Å². The van der Waals surface area contributed by atoms with Gasteiger partial charge in [0.15, 0.2) is 0 Å². The average molecular weight is 464 g/mol. The number of hydrogen-bond acceptors (Lipinski definition) is 7. The van der Waals surface area contributed by atoms with Crippen LogP contribution in [0.3, 0.4) is 0 Å². The molecule has 33 heavy (non-hydrogen) atoms. The molecule has 0 unspecified atom stereocenters. The largest absolute Gasteiger partial charge is 0.475 e. The molecule has 9 heteroatoms. The highest BCUT2D eigenvalue weighted by Gasteiger charge is 2.40. The Balaban J connectivity index is 1.75. The van der Waals surface area contributed by atoms with Crippen LogP contribution in [0.25, 0.3) is 0 Å². The van der Waals surface area contributed by atoms with E-state index in [4.69, 9.17) is 14.2 Å². The molecule has 1 N–H and O–H groups in total. The molecular weight excluding hydrogens is 426 g/mol. The first-order valence-electron chi connectivity index (χ1n) is 11.9. The van der Waals surface area contributed by atoms with Crippen LogP contribution >= 0.6 is 0 Å². The maximum absolute atomic E-state index is 13.4. The number of aryl methyl sites for hydroxylation is 1. The monoisotopic (exact) mass is 463 g/mol. The minimum Gasteiger partial charge on any atom is -0.475 e. The number of aromatic nitrogens is 1. The highest BCUT2D eigenvalue weighted by atomic mass is 16.5. The van der Waals surface area contributed by atoms with Gasteiger partial charge < -0.3 is 29.2 Å². The van der Waals surface area contributed by atoms with Crippen LogP contribution in [-0.4, -0.2) is 74.6 Å². The number of pyridine rings is 1. The third kappa shape index (κ3) is 7.57. The van der Waals surface area contributed by atoms with Crippen LogP contribution in [0.4, 0.5) is 4.79 Å². The Hall–Kier alpha value is -2.39. The van der Waals surface area contributed by atoms with Crippen molar-refractivity contribution < 1.29 is 28.5 Å². The first-order chi connectivity index (χ1) is 16.0. The van der Waals surface area contributed by atoms with Crippen molar-refractivity contribution in [1.82, 2.24) is 15.2 Å². The Morgan fingerprint density at radius 1 is 1.21 bits per heavy atom. The Kier molecular flexibility index (Phi) is 9.75. The van der Waals surface area contributed by atoms with E-state index in [2.05, 4.69) is 22.0 Å². The van der Waals surface area contributed by atoms with Gasteiger partial charge in [-0.3, -0.25) is 4.79 Å². The second-order valence-electron chi connectivity index (χ2n) is 8.60. The van der Waals surface area contributed by atoms with Crippen molar-refractivity contribution in [3.63, 3.8) is 0 Å². The van der Waals surface area contributed by atoms with Crippen LogP contribution in [0.15, 0.2) is 12.1 Å². The van der Waals surface area contributed by atoms with Crippen molar-refractivity contribution in [3.05, 3.63) is 23.4 Å². The SMILES string of the molecule is COCCOc1cc([C@H](C)N(C(=O)[C@H]2CCCCO2)C2CC2)cc(CCCNC(=O)OC)n1. The van der Waals surface area contributed by atoms with Gasteiger partial charge >= 0.3 is 6.09 Å². The lowest BCUT2D eigenvalue weighted by Crippen LogP contribution is -2.44. The summed E-state index contributed by atoms with van der Waals surface area (Å²) < 4.78 is 21.3. The van der Waals surface area contributed by atoms with Gasteiger partial charge in [0, 0.05) is 38.1 Å². The second-order valence-corrected chi connectivity index (χ2v) is 8.60. The first-order valence-corrected chi connectivity index (χ1v) is 11.9. The van der Waals surface area contributed by atoms with Crippen molar-refractivity contribution in [3.8, 4) is 5.88 Å². The minimum absolute atomic E-state index is 0.0900. The minimum atomic E-state index is -0.447. The van der Waals surface area contributed by atoms with E-state index < -0.39 is 6.09 Å². The lowest BCUT2D eigenvalue weighted by molar-refractivity contribution is -0.149. The molecule has 2 aliphatic rings. The van der Waals surface area contributed by atoms with Gasteiger partial charge in [0.25, 0.3) is 5.91 Å². The molecule has 1 aromatic heterocycles. The molecule has 1 aromatic rings. The topological polar surface area (TPSA) is 99.2 Å². The summed E-state index contributed by atoms with van der Waals surface area (Å²) in [6.45, 7) is 4.06. The Labute approximate surface area is 196 Å². The average Bonchev–Trinajstić information content (AvgIpc) is 3.67. The van der Waals surface area contributed by atoms with E-state index in [1.807, 2.05) is 17.0 Å². The quantitative estimate of drug-likeness (QED) is 0.476. The molecular formula is C24H37N3O6. The molecule has 184 valence electrons. The molecule has 2 fully saturated rings. The maximum atomic E-state index is 13.4. The van der Waals surface area contributed by atoms with Crippen molar-refractivity contribution in [2.45, 2.75) is 70.1 Å². The highest BCUT2D eigenvalue weighted by Crippen LogP contribution is 2.37. The van der Waals surface area contributed by atoms with Gasteiger partial charge in [0.2, 0.25) is 5.88 Å². The van der Waals surface area contributed by atoms with Gasteiger partial charge in [-0.05, 0) is 63.5 Å². The number of amides is 2. The van der Waals surface area contributed by atoms with Gasteiger partial charge in [-0.1, -0.05) is 0 Å². The molecule has 0 aromatic carbocycles. The van der Waals surface area contributed by atoms with Gasteiger partial charge in [-0.2, -0.15) is 0 Å². The zero-order valence-electron chi connectivity index (χ0n) is 20.0. The van der Waals surface area contributed by atoms with Crippen molar-refractivity contribution in [2.24, 2.45) is 0 Å². The third-order valence-corrected chi connectivity index (χ3v) is 6.03. The lowest BCUT2D eigenvalue weighted by Gasteiger charge is -2.34. The standard InChI is InChI=1S/C24H37N3O6/c1-17(27(20-9-10-20)23(28)21-8-4-5-12-32-21)18-15-19(7-6-11-25-24(29)31-3)26-22(16-18)33-14-13-30-2/h15-17,20-21H,4-14H2,1-3H3,(H,25,29)/t17-,21+/m0/s1. The van der Waals surface area contributed by atoms with Crippen molar-refractivity contribution >= 4 is 12.0 Å². The number of carbonyl (C=O) groups excluding carboxylic acids is 2. The summed E-state index contributed by atoms with van der Waals surface area (Å²) in [6, 6.07) is 4.10. The smallest absolute Gasteiger partial charge is 0.406 e. The number of hydrogen-bond donors (Lipinski definition) is 1. The molecule has 1 aliphatic heterocycles. The maximum Gasteiger partial charge on any atom is 0.406 e. The summed E-state index contributed by atoms with van der Waals surface area (Å²) in [7, 11) is 2.97. The predicted molar refractivity (Wildman–Crippen MR) is 122 cm³/mol. The second kappa shape index (κ2) is 12.7. The molecule has 2 amide bonds. The number of rotatable bonds is 12. The van der Waals surface area contributed by atoms with Gasteiger partial charge in [0.1, 0.15) is 12.7 Å². The van der Waals surface area contributed by atoms with Gasteiger partial charge in [0.05, 0.1) is 19.8 Å². The van der Waals surface area contributed by atoms with Crippen LogP contribution in [-0.2, 0) is 25.4 Å². The number of carbonyl (C=O) groups is 2. The fourth-order valence-corrected chi connectivity index (χ4v) is 4.09. The molecule has 2 atom stereocenters. The molecule has 9 nitrogen and oxygen atoms in total. The highest BCUT2D eigenvalue weighted by molar-refractivity contribution is 5.82. The number of alkyl carbamates (subject to hydrolysis) is 1. The van der Waals surface area contributed by atoms with E-state index in [-0.39, 0.29) is 24.1 Å². The number of nitrogens with zero attached hydrogens (tertiary/aromatic N) is 2. The zero-order valence-corrected chi connectivity index (χ0v) is 20.0. The Morgan fingerprint density at radius 3 is 2.70 bits per heavy atom. The summed E-state index contributed by atoms with van der Waals surface area (Å²) in [5.41, 5.74) is 1.85. The summed E-state index contributed by atoms with van der Waals surface area (Å²) >= 11 is 0. The van der Waals surface area contributed by atoms with Gasteiger partial charge in [-0.15, -0.1) is 0 Å². The van der Waals surface area contributed by atoms with E-state index >= 15 is 0 Å². The molecule has 1 aliphatic carbocycles. The normalized spacial score (nSPS) is 18.9. The molecule has 0 radical (unpaired) electrons. The fraction of sp³-hybridized carbons (Fsp3) is 0.708. The molecule has 3 rings (SSSR count). The lowest BCUT2D eigenvalue weighted by atomic mass is 10.0. The molecule has 0 spiro atoms. The first kappa shape index (κ1) is 25.2. The number of nitrogens with one attached hydrogen (secondary N) is 1.